The number of fused-ring (bicyclic) bond motifs is 2. The van der Waals surface area contributed by atoms with Crippen molar-refractivity contribution in [1.82, 2.24) is 4.90 Å². The summed E-state index contributed by atoms with van der Waals surface area (Å²) in [4.78, 5) is 15.3. The van der Waals surface area contributed by atoms with Gasteiger partial charge in [0, 0.05) is 28.1 Å². The third-order valence-electron chi connectivity index (χ3n) is 6.09. The van der Waals surface area contributed by atoms with E-state index < -0.39 is 0 Å². The number of aliphatic hydroxyl groups excluding tert-OH is 1. The first kappa shape index (κ1) is 17.6. The van der Waals surface area contributed by atoms with Crippen molar-refractivity contribution in [3.05, 3.63) is 70.2 Å². The van der Waals surface area contributed by atoms with Crippen molar-refractivity contribution in [2.75, 3.05) is 6.61 Å². The number of hydrogen-bond donors (Lipinski definition) is 1. The molecule has 0 unspecified atom stereocenters. The molecule has 136 valence electrons. The van der Waals surface area contributed by atoms with E-state index in [4.69, 9.17) is 11.6 Å². The van der Waals surface area contributed by atoms with Gasteiger partial charge < -0.3 is 10.0 Å². The number of rotatable bonds is 4. The molecule has 26 heavy (non-hydrogen) atoms. The molecule has 2 aliphatic heterocycles. The first-order valence-electron chi connectivity index (χ1n) is 9.27. The van der Waals surface area contributed by atoms with Crippen LogP contribution in [0.3, 0.4) is 0 Å². The van der Waals surface area contributed by atoms with Crippen LogP contribution in [-0.4, -0.2) is 34.6 Å². The van der Waals surface area contributed by atoms with Gasteiger partial charge in [-0.3, -0.25) is 4.79 Å². The van der Waals surface area contributed by atoms with E-state index in [1.807, 2.05) is 42.2 Å². The molecular formula is C22H24ClNO2. The average molecular weight is 370 g/mol. The van der Waals surface area contributed by atoms with Crippen LogP contribution in [-0.2, 0) is 6.42 Å². The smallest absolute Gasteiger partial charge is 0.254 e. The third-order valence-corrected chi connectivity index (χ3v) is 6.31. The number of aliphatic hydroxyl groups is 1. The maximum absolute atomic E-state index is 13.3. The van der Waals surface area contributed by atoms with Gasteiger partial charge >= 0.3 is 0 Å². The molecule has 4 heteroatoms. The van der Waals surface area contributed by atoms with Crippen LogP contribution >= 0.6 is 11.6 Å². The summed E-state index contributed by atoms with van der Waals surface area (Å²) >= 11 is 6.17. The Hall–Kier alpha value is -1.84. The Morgan fingerprint density at radius 1 is 1.23 bits per heavy atom. The molecule has 2 fully saturated rings. The summed E-state index contributed by atoms with van der Waals surface area (Å²) in [5, 5.41) is 10.9. The zero-order valence-electron chi connectivity index (χ0n) is 15.0. The molecule has 0 aliphatic carbocycles. The monoisotopic (exact) mass is 369 g/mol. The lowest BCUT2D eigenvalue weighted by Gasteiger charge is -2.36. The van der Waals surface area contributed by atoms with Crippen LogP contribution in [0.5, 0.6) is 0 Å². The number of amides is 1. The quantitative estimate of drug-likeness (QED) is 0.875. The molecular weight excluding hydrogens is 346 g/mol. The van der Waals surface area contributed by atoms with Gasteiger partial charge in [-0.2, -0.15) is 0 Å². The van der Waals surface area contributed by atoms with E-state index in [0.717, 1.165) is 31.2 Å². The predicted octanol–water partition coefficient (Wildman–Crippen LogP) is 4.25. The number of halogens is 1. The second kappa shape index (κ2) is 6.71. The Morgan fingerprint density at radius 3 is 2.69 bits per heavy atom. The lowest BCUT2D eigenvalue weighted by atomic mass is 9.70. The third kappa shape index (κ3) is 2.93. The molecule has 2 bridgehead atoms. The van der Waals surface area contributed by atoms with Crippen molar-refractivity contribution >= 4 is 17.5 Å². The molecule has 2 heterocycles. The molecule has 2 aromatic carbocycles. The van der Waals surface area contributed by atoms with Crippen LogP contribution < -0.4 is 0 Å². The average Bonchev–Trinajstić information content (AvgIpc) is 3.17. The maximum Gasteiger partial charge on any atom is 0.254 e. The number of aryl methyl sites for hydroxylation is 1. The van der Waals surface area contributed by atoms with Gasteiger partial charge in [0.1, 0.15) is 0 Å². The summed E-state index contributed by atoms with van der Waals surface area (Å²) in [7, 11) is 0. The Labute approximate surface area is 159 Å². The zero-order valence-corrected chi connectivity index (χ0v) is 15.7. The topological polar surface area (TPSA) is 40.5 Å². The largest absolute Gasteiger partial charge is 0.396 e. The Bertz CT molecular complexity index is 802. The fourth-order valence-electron chi connectivity index (χ4n) is 5.02. The summed E-state index contributed by atoms with van der Waals surface area (Å²) in [6.07, 6.45) is 3.66. The minimum absolute atomic E-state index is 0.0477. The van der Waals surface area contributed by atoms with Crippen LogP contribution in [0.25, 0.3) is 0 Å². The van der Waals surface area contributed by atoms with Gasteiger partial charge in [0.2, 0.25) is 0 Å². The molecule has 0 aromatic heterocycles. The van der Waals surface area contributed by atoms with Crippen LogP contribution in [0.1, 0.15) is 40.7 Å². The van der Waals surface area contributed by atoms with Crippen molar-refractivity contribution in [3.8, 4) is 0 Å². The molecule has 2 saturated heterocycles. The molecule has 3 nitrogen and oxygen atoms in total. The van der Waals surface area contributed by atoms with E-state index in [-0.39, 0.29) is 30.0 Å². The highest BCUT2D eigenvalue weighted by atomic mass is 35.5. The molecule has 4 rings (SSSR count). The lowest BCUT2D eigenvalue weighted by molar-refractivity contribution is 0.0571. The van der Waals surface area contributed by atoms with Gasteiger partial charge in [0.25, 0.3) is 5.91 Å². The number of hydrogen-bond acceptors (Lipinski definition) is 2. The lowest BCUT2D eigenvalue weighted by Crippen LogP contribution is -2.44. The van der Waals surface area contributed by atoms with Crippen molar-refractivity contribution < 1.29 is 9.90 Å². The van der Waals surface area contributed by atoms with Crippen molar-refractivity contribution in [2.24, 2.45) is 5.41 Å². The summed E-state index contributed by atoms with van der Waals surface area (Å²) < 4.78 is 0. The second-order valence-corrected chi connectivity index (χ2v) is 8.30. The van der Waals surface area contributed by atoms with Gasteiger partial charge in [-0.25, -0.2) is 0 Å². The molecule has 2 aromatic rings. The highest BCUT2D eigenvalue weighted by molar-refractivity contribution is 6.31. The summed E-state index contributed by atoms with van der Waals surface area (Å²) in [6.45, 7) is 2.07. The Kier molecular flexibility index (Phi) is 4.54. The molecule has 1 N–H and O–H groups in total. The second-order valence-electron chi connectivity index (χ2n) is 7.86. The van der Waals surface area contributed by atoms with Crippen LogP contribution in [0.15, 0.2) is 48.5 Å². The van der Waals surface area contributed by atoms with Crippen molar-refractivity contribution in [2.45, 2.75) is 44.7 Å². The molecule has 0 spiro atoms. The van der Waals surface area contributed by atoms with Gasteiger partial charge in [0.05, 0.1) is 6.61 Å². The first-order valence-corrected chi connectivity index (χ1v) is 9.65. The van der Waals surface area contributed by atoms with Crippen molar-refractivity contribution in [1.29, 1.82) is 0 Å². The summed E-state index contributed by atoms with van der Waals surface area (Å²) in [5.74, 6) is 0.0477. The number of carbonyl (C=O) groups excluding carboxylic acids is 1. The molecule has 1 amide bonds. The molecule has 0 radical (unpaired) electrons. The predicted molar refractivity (Wildman–Crippen MR) is 103 cm³/mol. The van der Waals surface area contributed by atoms with Crippen molar-refractivity contribution in [3.63, 3.8) is 0 Å². The molecule has 2 aliphatic rings. The summed E-state index contributed by atoms with van der Waals surface area (Å²) in [6, 6.07) is 16.1. The van der Waals surface area contributed by atoms with Crippen LogP contribution in [0, 0.1) is 12.3 Å². The normalized spacial score (nSPS) is 27.1. The minimum atomic E-state index is -0.243. The fraction of sp³-hybridized carbons (Fsp3) is 0.409. The van der Waals surface area contributed by atoms with Crippen LogP contribution in [0.4, 0.5) is 0 Å². The van der Waals surface area contributed by atoms with E-state index >= 15 is 0 Å². The SMILES string of the molecule is Cc1cc(Cl)cc(C(=O)N2[C@H]3CC[C@@H]2[C@@](CO)(Cc2ccccc2)C3)c1. The van der Waals surface area contributed by atoms with Gasteiger partial charge in [-0.15, -0.1) is 0 Å². The zero-order chi connectivity index (χ0) is 18.3. The van der Waals surface area contributed by atoms with E-state index in [9.17, 15) is 9.90 Å². The standard InChI is InChI=1S/C22H24ClNO2/c1-15-9-17(11-18(23)10-15)21(26)24-19-7-8-20(24)22(13-19,14-25)12-16-5-3-2-4-6-16/h2-6,9-11,19-20,25H,7-8,12-14H2,1H3/t19-,20+,22-/m0/s1. The number of carbonyl (C=O) groups is 1. The number of benzene rings is 2. The van der Waals surface area contributed by atoms with E-state index in [0.29, 0.717) is 10.6 Å². The highest BCUT2D eigenvalue weighted by Gasteiger charge is 2.57. The molecule has 0 saturated carbocycles. The Morgan fingerprint density at radius 2 is 2.00 bits per heavy atom. The van der Waals surface area contributed by atoms with Crippen LogP contribution in [0.2, 0.25) is 5.02 Å². The maximum atomic E-state index is 13.3. The molecule has 3 atom stereocenters. The van der Waals surface area contributed by atoms with Gasteiger partial charge in [-0.05, 0) is 61.9 Å². The van der Waals surface area contributed by atoms with E-state index in [1.54, 1.807) is 6.07 Å². The summed E-state index contributed by atoms with van der Waals surface area (Å²) in [5.41, 5.74) is 2.62. The first-order chi connectivity index (χ1) is 12.5. The fourth-order valence-corrected chi connectivity index (χ4v) is 5.31. The van der Waals surface area contributed by atoms with Gasteiger partial charge in [0.15, 0.2) is 0 Å². The Balaban J connectivity index is 1.64. The minimum Gasteiger partial charge on any atom is -0.396 e. The highest BCUT2D eigenvalue weighted by Crippen LogP contribution is 2.51. The van der Waals surface area contributed by atoms with Gasteiger partial charge in [-0.1, -0.05) is 41.9 Å². The van der Waals surface area contributed by atoms with E-state index in [2.05, 4.69) is 12.1 Å². The number of nitrogens with zero attached hydrogens (tertiary/aromatic N) is 1. The van der Waals surface area contributed by atoms with E-state index in [1.165, 1.54) is 5.56 Å².